The number of benzene rings is 2. The van der Waals surface area contributed by atoms with Gasteiger partial charge in [0.05, 0.1) is 12.5 Å². The van der Waals surface area contributed by atoms with Crippen LogP contribution in [-0.4, -0.2) is 21.5 Å². The fourth-order valence-corrected chi connectivity index (χ4v) is 3.49. The Hall–Kier alpha value is -3.39. The number of nitrogens with zero attached hydrogens (tertiary/aromatic N) is 2. The molecular formula is C21H21ClFN5O2. The van der Waals surface area contributed by atoms with Gasteiger partial charge in [0.1, 0.15) is 17.7 Å². The number of aryl methyl sites for hydroxylation is 1. The largest absolute Gasteiger partial charge is 0.352 e. The summed E-state index contributed by atoms with van der Waals surface area (Å²) in [7, 11) is 1.75. The summed E-state index contributed by atoms with van der Waals surface area (Å²) < 4.78 is 16.2. The third-order valence-electron chi connectivity index (χ3n) is 4.62. The van der Waals surface area contributed by atoms with Gasteiger partial charge in [-0.2, -0.15) is 0 Å². The molecule has 3 amide bonds. The quantitative estimate of drug-likeness (QED) is 0.537. The Balaban J connectivity index is 1.88. The standard InChI is InChI=1S/C21H21ClFN5O2/c1-28-11-10-25-20(28)19(14-7-3-5-9-16(14)23)27-18(29)12-17(26-21(24)30)13-6-2-4-8-15(13)22/h2-11,17,19H,12H2,1H3,(H,27,29)(H3,24,26,30)/t17-,19+/m0/s1. The van der Waals surface area contributed by atoms with E-state index in [0.29, 0.717) is 16.4 Å². The molecule has 0 unspecified atom stereocenters. The molecule has 2 atom stereocenters. The molecular weight excluding hydrogens is 409 g/mol. The fraction of sp³-hybridized carbons (Fsp3) is 0.190. The Morgan fingerprint density at radius 2 is 1.80 bits per heavy atom. The van der Waals surface area contributed by atoms with Crippen LogP contribution in [0.5, 0.6) is 0 Å². The van der Waals surface area contributed by atoms with Gasteiger partial charge in [-0.3, -0.25) is 4.79 Å². The van der Waals surface area contributed by atoms with E-state index in [0.717, 1.165) is 0 Å². The number of nitrogens with one attached hydrogen (secondary N) is 2. The normalized spacial score (nSPS) is 12.8. The van der Waals surface area contributed by atoms with Crippen LogP contribution < -0.4 is 16.4 Å². The molecule has 2 aromatic carbocycles. The lowest BCUT2D eigenvalue weighted by atomic mass is 10.0. The van der Waals surface area contributed by atoms with E-state index >= 15 is 0 Å². The first-order chi connectivity index (χ1) is 14.4. The van der Waals surface area contributed by atoms with Gasteiger partial charge in [0, 0.05) is 30.0 Å². The molecule has 0 radical (unpaired) electrons. The van der Waals surface area contributed by atoms with Crippen LogP contribution in [0, 0.1) is 5.82 Å². The van der Waals surface area contributed by atoms with E-state index in [2.05, 4.69) is 15.6 Å². The number of nitrogens with two attached hydrogens (primary N) is 1. The number of carbonyl (C=O) groups excluding carboxylic acids is 2. The van der Waals surface area contributed by atoms with Crippen molar-refractivity contribution in [1.29, 1.82) is 0 Å². The number of rotatable bonds is 7. The minimum absolute atomic E-state index is 0.151. The van der Waals surface area contributed by atoms with Crippen LogP contribution in [-0.2, 0) is 11.8 Å². The first-order valence-electron chi connectivity index (χ1n) is 9.18. The monoisotopic (exact) mass is 429 g/mol. The Morgan fingerprint density at radius 1 is 1.13 bits per heavy atom. The van der Waals surface area contributed by atoms with Gasteiger partial charge < -0.3 is 20.9 Å². The van der Waals surface area contributed by atoms with Crippen molar-refractivity contribution >= 4 is 23.5 Å². The number of imidazole rings is 1. The van der Waals surface area contributed by atoms with Gasteiger partial charge in [-0.15, -0.1) is 0 Å². The summed E-state index contributed by atoms with van der Waals surface area (Å²) in [5.41, 5.74) is 6.10. The first kappa shape index (κ1) is 21.3. The predicted octanol–water partition coefficient (Wildman–Crippen LogP) is 3.22. The van der Waals surface area contributed by atoms with E-state index < -0.39 is 29.8 Å². The Labute approximate surface area is 178 Å². The number of carbonyl (C=O) groups is 2. The molecule has 7 nitrogen and oxygen atoms in total. The lowest BCUT2D eigenvalue weighted by Crippen LogP contribution is -2.38. The summed E-state index contributed by atoms with van der Waals surface area (Å²) in [6.07, 6.45) is 3.12. The second kappa shape index (κ2) is 9.41. The molecule has 0 aliphatic rings. The van der Waals surface area contributed by atoms with Crippen molar-refractivity contribution < 1.29 is 14.0 Å². The summed E-state index contributed by atoms with van der Waals surface area (Å²) >= 11 is 6.22. The first-order valence-corrected chi connectivity index (χ1v) is 9.56. The van der Waals surface area contributed by atoms with Gasteiger partial charge in [-0.05, 0) is 17.7 Å². The molecule has 156 valence electrons. The average Bonchev–Trinajstić information content (AvgIpc) is 3.12. The van der Waals surface area contributed by atoms with Crippen LogP contribution in [0.1, 0.15) is 35.5 Å². The van der Waals surface area contributed by atoms with Gasteiger partial charge >= 0.3 is 6.03 Å². The molecule has 3 rings (SSSR count). The topological polar surface area (TPSA) is 102 Å². The Bertz CT molecular complexity index is 1060. The highest BCUT2D eigenvalue weighted by molar-refractivity contribution is 6.31. The second-order valence-electron chi connectivity index (χ2n) is 6.71. The summed E-state index contributed by atoms with van der Waals surface area (Å²) in [4.78, 5) is 28.6. The van der Waals surface area contributed by atoms with E-state index in [1.807, 2.05) is 0 Å². The Kier molecular flexibility index (Phi) is 6.68. The number of primary amides is 1. The zero-order chi connectivity index (χ0) is 21.7. The number of urea groups is 1. The van der Waals surface area contributed by atoms with Crippen molar-refractivity contribution in [3.8, 4) is 0 Å². The smallest absolute Gasteiger partial charge is 0.312 e. The fourth-order valence-electron chi connectivity index (χ4n) is 3.22. The number of hydrogen-bond donors (Lipinski definition) is 3. The molecule has 1 heterocycles. The van der Waals surface area contributed by atoms with E-state index in [1.54, 1.807) is 66.5 Å². The number of hydrogen-bond acceptors (Lipinski definition) is 3. The highest BCUT2D eigenvalue weighted by atomic mass is 35.5. The van der Waals surface area contributed by atoms with E-state index in [1.165, 1.54) is 6.07 Å². The van der Waals surface area contributed by atoms with Crippen LogP contribution in [0.15, 0.2) is 60.9 Å². The molecule has 1 aromatic heterocycles. The number of amides is 3. The summed E-state index contributed by atoms with van der Waals surface area (Å²) in [5, 5.41) is 5.74. The van der Waals surface area contributed by atoms with E-state index in [4.69, 9.17) is 17.3 Å². The second-order valence-corrected chi connectivity index (χ2v) is 7.11. The van der Waals surface area contributed by atoms with Crippen LogP contribution in [0.3, 0.4) is 0 Å². The van der Waals surface area contributed by atoms with Gasteiger partial charge in [0.15, 0.2) is 0 Å². The number of aromatic nitrogens is 2. The van der Waals surface area contributed by atoms with E-state index in [-0.39, 0.29) is 12.0 Å². The molecule has 4 N–H and O–H groups in total. The van der Waals surface area contributed by atoms with Crippen molar-refractivity contribution in [2.45, 2.75) is 18.5 Å². The van der Waals surface area contributed by atoms with Crippen molar-refractivity contribution in [2.75, 3.05) is 0 Å². The van der Waals surface area contributed by atoms with Gasteiger partial charge in [-0.25, -0.2) is 14.2 Å². The molecule has 0 aliphatic heterocycles. The van der Waals surface area contributed by atoms with Crippen molar-refractivity contribution in [3.63, 3.8) is 0 Å². The van der Waals surface area contributed by atoms with Crippen LogP contribution in [0.4, 0.5) is 9.18 Å². The molecule has 9 heteroatoms. The maximum absolute atomic E-state index is 14.5. The highest BCUT2D eigenvalue weighted by Crippen LogP contribution is 2.27. The molecule has 0 saturated heterocycles. The summed E-state index contributed by atoms with van der Waals surface area (Å²) in [6.45, 7) is 0. The maximum Gasteiger partial charge on any atom is 0.312 e. The van der Waals surface area contributed by atoms with Crippen LogP contribution in [0.2, 0.25) is 5.02 Å². The number of halogens is 2. The van der Waals surface area contributed by atoms with Gasteiger partial charge in [0.25, 0.3) is 0 Å². The minimum atomic E-state index is -0.820. The molecule has 0 spiro atoms. The predicted molar refractivity (Wildman–Crippen MR) is 111 cm³/mol. The molecule has 0 fully saturated rings. The van der Waals surface area contributed by atoms with Crippen molar-refractivity contribution in [2.24, 2.45) is 12.8 Å². The molecule has 3 aromatic rings. The third-order valence-corrected chi connectivity index (χ3v) is 4.97. The Morgan fingerprint density at radius 3 is 2.40 bits per heavy atom. The van der Waals surface area contributed by atoms with E-state index in [9.17, 15) is 14.0 Å². The lowest BCUT2D eigenvalue weighted by molar-refractivity contribution is -0.122. The average molecular weight is 430 g/mol. The molecule has 0 aliphatic carbocycles. The van der Waals surface area contributed by atoms with Crippen LogP contribution >= 0.6 is 11.6 Å². The highest BCUT2D eigenvalue weighted by Gasteiger charge is 2.26. The van der Waals surface area contributed by atoms with Crippen LogP contribution in [0.25, 0.3) is 0 Å². The summed E-state index contributed by atoms with van der Waals surface area (Å²) in [5.74, 6) is -0.445. The minimum Gasteiger partial charge on any atom is -0.352 e. The van der Waals surface area contributed by atoms with Crippen molar-refractivity contribution in [1.82, 2.24) is 20.2 Å². The maximum atomic E-state index is 14.5. The summed E-state index contributed by atoms with van der Waals surface area (Å²) in [6, 6.07) is 10.6. The zero-order valence-corrected chi connectivity index (χ0v) is 16.9. The lowest BCUT2D eigenvalue weighted by Gasteiger charge is -2.23. The van der Waals surface area contributed by atoms with Gasteiger partial charge in [-0.1, -0.05) is 48.0 Å². The molecule has 0 bridgehead atoms. The third kappa shape index (κ3) is 4.96. The molecule has 0 saturated carbocycles. The SMILES string of the molecule is Cn1ccnc1[C@H](NC(=O)C[C@H](NC(N)=O)c1ccccc1Cl)c1ccccc1F. The van der Waals surface area contributed by atoms with Crippen molar-refractivity contribution in [3.05, 3.63) is 88.7 Å². The molecule has 30 heavy (non-hydrogen) atoms. The van der Waals surface area contributed by atoms with Gasteiger partial charge in [0.2, 0.25) is 5.91 Å². The zero-order valence-electron chi connectivity index (χ0n) is 16.2.